The Labute approximate surface area is 112 Å². The number of carboxylic acids is 1. The molecular formula is C12H12BrNO4. The van der Waals surface area contributed by atoms with Crippen LogP contribution in [0, 0.1) is 0 Å². The van der Waals surface area contributed by atoms with Crippen LogP contribution in [0.2, 0.25) is 0 Å². The summed E-state index contributed by atoms with van der Waals surface area (Å²) in [4.78, 5) is 24.2. The van der Waals surface area contributed by atoms with E-state index in [0.29, 0.717) is 23.4 Å². The van der Waals surface area contributed by atoms with Gasteiger partial charge < -0.3 is 14.4 Å². The van der Waals surface area contributed by atoms with E-state index in [1.54, 1.807) is 12.1 Å². The highest BCUT2D eigenvalue weighted by Gasteiger charge is 2.32. The van der Waals surface area contributed by atoms with E-state index < -0.39 is 12.0 Å². The molecule has 2 rings (SSSR count). The molecule has 1 aromatic rings. The van der Waals surface area contributed by atoms with Crippen LogP contribution in [-0.4, -0.2) is 34.5 Å². The van der Waals surface area contributed by atoms with Gasteiger partial charge in [0.15, 0.2) is 4.67 Å². The number of rotatable bonds is 3. The number of furan rings is 1. The van der Waals surface area contributed by atoms with E-state index in [-0.39, 0.29) is 5.91 Å². The third-order valence-corrected chi connectivity index (χ3v) is 3.23. The van der Waals surface area contributed by atoms with Gasteiger partial charge in [-0.15, -0.1) is 0 Å². The molecule has 1 aliphatic rings. The summed E-state index contributed by atoms with van der Waals surface area (Å²) in [5, 5.41) is 8.98. The van der Waals surface area contributed by atoms with Crippen molar-refractivity contribution < 1.29 is 19.1 Å². The van der Waals surface area contributed by atoms with Gasteiger partial charge in [-0.05, 0) is 47.0 Å². The molecule has 2 heterocycles. The van der Waals surface area contributed by atoms with E-state index in [9.17, 15) is 9.59 Å². The third-order valence-electron chi connectivity index (χ3n) is 2.81. The quantitative estimate of drug-likeness (QED) is 0.868. The van der Waals surface area contributed by atoms with Crippen molar-refractivity contribution in [2.24, 2.45) is 0 Å². The third kappa shape index (κ3) is 2.81. The van der Waals surface area contributed by atoms with Crippen molar-refractivity contribution in [3.05, 3.63) is 28.6 Å². The molecule has 6 heteroatoms. The molecule has 1 aliphatic heterocycles. The molecule has 1 fully saturated rings. The zero-order valence-electron chi connectivity index (χ0n) is 9.51. The first-order chi connectivity index (χ1) is 8.58. The lowest BCUT2D eigenvalue weighted by Crippen LogP contribution is -2.39. The number of hydrogen-bond donors (Lipinski definition) is 1. The number of carboxylic acid groups (broad SMARTS) is 1. The summed E-state index contributed by atoms with van der Waals surface area (Å²) >= 11 is 3.16. The predicted octanol–water partition coefficient (Wildman–Crippen LogP) is 2.13. The Morgan fingerprint density at radius 3 is 2.89 bits per heavy atom. The zero-order chi connectivity index (χ0) is 13.1. The maximum absolute atomic E-state index is 11.9. The van der Waals surface area contributed by atoms with Crippen molar-refractivity contribution in [3.63, 3.8) is 0 Å². The van der Waals surface area contributed by atoms with E-state index in [0.717, 1.165) is 6.42 Å². The highest BCUT2D eigenvalue weighted by molar-refractivity contribution is 9.10. The molecule has 1 unspecified atom stereocenters. The second-order valence-electron chi connectivity index (χ2n) is 4.00. The molecule has 18 heavy (non-hydrogen) atoms. The molecule has 0 spiro atoms. The average Bonchev–Trinajstić information content (AvgIpc) is 2.94. The van der Waals surface area contributed by atoms with E-state index in [1.165, 1.54) is 17.1 Å². The summed E-state index contributed by atoms with van der Waals surface area (Å²) in [6.45, 7) is 0.488. The van der Waals surface area contributed by atoms with Crippen molar-refractivity contribution in [2.75, 3.05) is 6.54 Å². The second kappa shape index (κ2) is 5.39. The molecule has 0 saturated carbocycles. The van der Waals surface area contributed by atoms with Crippen LogP contribution in [0.1, 0.15) is 18.6 Å². The van der Waals surface area contributed by atoms with Crippen LogP contribution in [0.15, 0.2) is 27.3 Å². The molecule has 1 aromatic heterocycles. The fraction of sp³-hybridized carbons (Fsp3) is 0.333. The van der Waals surface area contributed by atoms with Crippen molar-refractivity contribution in [1.82, 2.24) is 4.90 Å². The molecule has 1 atom stereocenters. The van der Waals surface area contributed by atoms with Crippen molar-refractivity contribution in [1.29, 1.82) is 0 Å². The maximum Gasteiger partial charge on any atom is 0.326 e. The predicted molar refractivity (Wildman–Crippen MR) is 67.8 cm³/mol. The Bertz CT molecular complexity index is 494. The highest BCUT2D eigenvalue weighted by Crippen LogP contribution is 2.19. The van der Waals surface area contributed by atoms with Crippen LogP contribution < -0.4 is 0 Å². The van der Waals surface area contributed by atoms with Gasteiger partial charge in [-0.3, -0.25) is 4.79 Å². The molecule has 5 nitrogen and oxygen atoms in total. The number of carbonyl (C=O) groups excluding carboxylic acids is 1. The SMILES string of the molecule is O=C(O)C1CCCN1C(=O)/C=C/c1ccc(Br)o1. The summed E-state index contributed by atoms with van der Waals surface area (Å²) in [5.74, 6) is -0.705. The highest BCUT2D eigenvalue weighted by atomic mass is 79.9. The maximum atomic E-state index is 11.9. The number of aliphatic carboxylic acids is 1. The second-order valence-corrected chi connectivity index (χ2v) is 4.78. The molecule has 0 bridgehead atoms. The lowest BCUT2D eigenvalue weighted by atomic mass is 10.2. The average molecular weight is 314 g/mol. The number of likely N-dealkylation sites (tertiary alicyclic amines) is 1. The smallest absolute Gasteiger partial charge is 0.326 e. The molecule has 0 radical (unpaired) electrons. The van der Waals surface area contributed by atoms with Crippen LogP contribution >= 0.6 is 15.9 Å². The number of nitrogens with zero attached hydrogens (tertiary/aromatic N) is 1. The van der Waals surface area contributed by atoms with Crippen molar-refractivity contribution in [2.45, 2.75) is 18.9 Å². The van der Waals surface area contributed by atoms with E-state index in [2.05, 4.69) is 15.9 Å². The first kappa shape index (κ1) is 12.9. The van der Waals surface area contributed by atoms with Gasteiger partial charge in [-0.25, -0.2) is 4.79 Å². The first-order valence-corrected chi connectivity index (χ1v) is 6.34. The van der Waals surface area contributed by atoms with Gasteiger partial charge in [0.25, 0.3) is 0 Å². The van der Waals surface area contributed by atoms with Gasteiger partial charge >= 0.3 is 5.97 Å². The van der Waals surface area contributed by atoms with E-state index >= 15 is 0 Å². The van der Waals surface area contributed by atoms with E-state index in [1.807, 2.05) is 0 Å². The van der Waals surface area contributed by atoms with Crippen LogP contribution in [0.3, 0.4) is 0 Å². The van der Waals surface area contributed by atoms with Gasteiger partial charge in [0.05, 0.1) is 0 Å². The number of hydrogen-bond acceptors (Lipinski definition) is 3. The topological polar surface area (TPSA) is 70.8 Å². The fourth-order valence-electron chi connectivity index (χ4n) is 1.95. The lowest BCUT2D eigenvalue weighted by molar-refractivity contribution is -0.146. The molecular weight excluding hydrogens is 302 g/mol. The number of carbonyl (C=O) groups is 2. The summed E-state index contributed by atoms with van der Waals surface area (Å²) in [6, 6.07) is 2.73. The van der Waals surface area contributed by atoms with Crippen LogP contribution in [-0.2, 0) is 9.59 Å². The van der Waals surface area contributed by atoms with Gasteiger partial charge in [-0.1, -0.05) is 0 Å². The Morgan fingerprint density at radius 2 is 2.28 bits per heavy atom. The summed E-state index contributed by atoms with van der Waals surface area (Å²) in [5.41, 5.74) is 0. The molecule has 96 valence electrons. The van der Waals surface area contributed by atoms with Gasteiger partial charge in [-0.2, -0.15) is 0 Å². The fourth-order valence-corrected chi connectivity index (χ4v) is 2.27. The van der Waals surface area contributed by atoms with Crippen molar-refractivity contribution >= 4 is 33.9 Å². The minimum absolute atomic E-state index is 0.299. The van der Waals surface area contributed by atoms with Crippen LogP contribution in [0.5, 0.6) is 0 Å². The number of halogens is 1. The largest absolute Gasteiger partial charge is 0.480 e. The minimum Gasteiger partial charge on any atom is -0.480 e. The van der Waals surface area contributed by atoms with Crippen LogP contribution in [0.25, 0.3) is 6.08 Å². The molecule has 1 amide bonds. The van der Waals surface area contributed by atoms with Crippen LogP contribution in [0.4, 0.5) is 0 Å². The van der Waals surface area contributed by atoms with Gasteiger partial charge in [0, 0.05) is 12.6 Å². The summed E-state index contributed by atoms with van der Waals surface area (Å²) in [7, 11) is 0. The normalized spacial score (nSPS) is 19.6. The summed E-state index contributed by atoms with van der Waals surface area (Å²) in [6.07, 6.45) is 4.11. The Hall–Kier alpha value is -1.56. The molecule has 0 aliphatic carbocycles. The minimum atomic E-state index is -0.949. The van der Waals surface area contributed by atoms with E-state index in [4.69, 9.17) is 9.52 Å². The lowest BCUT2D eigenvalue weighted by Gasteiger charge is -2.19. The Balaban J connectivity index is 2.03. The standard InChI is InChI=1S/C12H12BrNO4/c13-10-5-3-8(18-10)4-6-11(15)14-7-1-2-9(14)12(16)17/h3-6,9H,1-2,7H2,(H,16,17)/b6-4+. The first-order valence-electron chi connectivity index (χ1n) is 5.55. The Morgan fingerprint density at radius 1 is 1.50 bits per heavy atom. The Kier molecular flexibility index (Phi) is 3.86. The van der Waals surface area contributed by atoms with Crippen molar-refractivity contribution in [3.8, 4) is 0 Å². The van der Waals surface area contributed by atoms with Gasteiger partial charge in [0.1, 0.15) is 11.8 Å². The molecule has 1 N–H and O–H groups in total. The zero-order valence-corrected chi connectivity index (χ0v) is 11.1. The molecule has 0 aromatic carbocycles. The monoisotopic (exact) mass is 313 g/mol. The van der Waals surface area contributed by atoms with Gasteiger partial charge in [0.2, 0.25) is 5.91 Å². The number of amides is 1. The summed E-state index contributed by atoms with van der Waals surface area (Å²) < 4.78 is 5.80. The molecule has 1 saturated heterocycles.